The molecule has 0 bridgehead atoms. The van der Waals surface area contributed by atoms with Crippen molar-refractivity contribution in [3.63, 3.8) is 0 Å². The normalized spacial score (nSPS) is 13.8. The highest BCUT2D eigenvalue weighted by atomic mass is 16.5. The third-order valence-electron chi connectivity index (χ3n) is 3.25. The molecule has 2 rings (SSSR count). The van der Waals surface area contributed by atoms with Crippen molar-refractivity contribution in [2.24, 2.45) is 0 Å². The third kappa shape index (κ3) is 6.11. The summed E-state index contributed by atoms with van der Waals surface area (Å²) in [5.41, 5.74) is 2.38. The molecule has 0 unspecified atom stereocenters. The van der Waals surface area contributed by atoms with Crippen LogP contribution < -0.4 is 0 Å². The van der Waals surface area contributed by atoms with Crippen LogP contribution in [0.25, 0.3) is 0 Å². The van der Waals surface area contributed by atoms with E-state index in [2.05, 4.69) is 30.7 Å². The standard InChI is InChI=1S/C19H23O2/c1-16(20-14-18-9-5-3-6-10-18)13-17(2)21-15-19-11-7-4-8-12-19/h3-13,16-17H,14-15H2,1-2H3/t16-,17+. The van der Waals surface area contributed by atoms with E-state index in [-0.39, 0.29) is 12.2 Å². The molecule has 0 aliphatic heterocycles. The SMILES string of the molecule is C[C@H]([CH][C@H](C)OCc1ccccc1)OCc1ccccc1. The Labute approximate surface area is 127 Å². The number of benzene rings is 2. The monoisotopic (exact) mass is 283 g/mol. The van der Waals surface area contributed by atoms with Gasteiger partial charge in [0.2, 0.25) is 0 Å². The van der Waals surface area contributed by atoms with Gasteiger partial charge in [0, 0.05) is 6.42 Å². The minimum absolute atomic E-state index is 0.0657. The van der Waals surface area contributed by atoms with Gasteiger partial charge in [0.15, 0.2) is 0 Å². The Bertz CT molecular complexity index is 448. The van der Waals surface area contributed by atoms with Crippen LogP contribution in [-0.4, -0.2) is 12.2 Å². The number of rotatable bonds is 8. The van der Waals surface area contributed by atoms with Gasteiger partial charge in [0.05, 0.1) is 25.4 Å². The van der Waals surface area contributed by atoms with Crippen LogP contribution >= 0.6 is 0 Å². The smallest absolute Gasteiger partial charge is 0.0720 e. The van der Waals surface area contributed by atoms with Gasteiger partial charge in [-0.15, -0.1) is 0 Å². The van der Waals surface area contributed by atoms with Crippen LogP contribution in [0.4, 0.5) is 0 Å². The summed E-state index contributed by atoms with van der Waals surface area (Å²) in [6.07, 6.45) is 2.22. The first-order chi connectivity index (χ1) is 10.2. The van der Waals surface area contributed by atoms with E-state index >= 15 is 0 Å². The molecule has 2 atom stereocenters. The number of ether oxygens (including phenoxy) is 2. The summed E-state index contributed by atoms with van der Waals surface area (Å²) >= 11 is 0. The number of hydrogen-bond acceptors (Lipinski definition) is 2. The van der Waals surface area contributed by atoms with Crippen LogP contribution in [0.5, 0.6) is 0 Å². The molecular formula is C19H23O2. The summed E-state index contributed by atoms with van der Waals surface area (Å²) < 4.78 is 11.6. The third-order valence-corrected chi connectivity index (χ3v) is 3.25. The van der Waals surface area contributed by atoms with Gasteiger partial charge in [0.25, 0.3) is 0 Å². The predicted octanol–water partition coefficient (Wildman–Crippen LogP) is 4.40. The molecule has 0 aromatic heterocycles. The highest BCUT2D eigenvalue weighted by Crippen LogP contribution is 2.10. The van der Waals surface area contributed by atoms with E-state index < -0.39 is 0 Å². The maximum Gasteiger partial charge on any atom is 0.0720 e. The zero-order chi connectivity index (χ0) is 14.9. The molecule has 0 heterocycles. The zero-order valence-corrected chi connectivity index (χ0v) is 12.7. The fraction of sp³-hybridized carbons (Fsp3) is 0.316. The molecule has 111 valence electrons. The Balaban J connectivity index is 1.66. The zero-order valence-electron chi connectivity index (χ0n) is 12.7. The molecule has 0 spiro atoms. The quantitative estimate of drug-likeness (QED) is 0.715. The Hall–Kier alpha value is -1.64. The highest BCUT2D eigenvalue weighted by Gasteiger charge is 2.10. The lowest BCUT2D eigenvalue weighted by Gasteiger charge is -2.18. The second kappa shape index (κ2) is 8.60. The van der Waals surface area contributed by atoms with E-state index in [9.17, 15) is 0 Å². The van der Waals surface area contributed by atoms with Gasteiger partial charge in [-0.2, -0.15) is 0 Å². The van der Waals surface area contributed by atoms with Crippen LogP contribution in [0.2, 0.25) is 0 Å². The Morgan fingerprint density at radius 1 is 0.714 bits per heavy atom. The van der Waals surface area contributed by atoms with Gasteiger partial charge in [-0.1, -0.05) is 60.7 Å². The molecule has 0 saturated heterocycles. The van der Waals surface area contributed by atoms with Gasteiger partial charge in [0.1, 0.15) is 0 Å². The van der Waals surface area contributed by atoms with E-state index in [0.29, 0.717) is 13.2 Å². The molecule has 0 amide bonds. The molecule has 2 aromatic rings. The van der Waals surface area contributed by atoms with Gasteiger partial charge >= 0.3 is 0 Å². The first-order valence-corrected chi connectivity index (χ1v) is 7.40. The average Bonchev–Trinajstić information content (AvgIpc) is 2.53. The summed E-state index contributed by atoms with van der Waals surface area (Å²) in [6.45, 7) is 5.35. The van der Waals surface area contributed by atoms with Crippen molar-refractivity contribution in [2.75, 3.05) is 0 Å². The second-order valence-electron chi connectivity index (χ2n) is 5.20. The molecule has 2 aromatic carbocycles. The topological polar surface area (TPSA) is 18.5 Å². The van der Waals surface area contributed by atoms with E-state index in [1.165, 1.54) is 11.1 Å². The van der Waals surface area contributed by atoms with Crippen molar-refractivity contribution in [1.29, 1.82) is 0 Å². The molecule has 0 N–H and O–H groups in total. The van der Waals surface area contributed by atoms with Crippen LogP contribution in [0.3, 0.4) is 0 Å². The highest BCUT2D eigenvalue weighted by molar-refractivity contribution is 5.14. The van der Waals surface area contributed by atoms with E-state index in [0.717, 1.165) is 0 Å². The summed E-state index contributed by atoms with van der Waals surface area (Å²) in [7, 11) is 0. The molecule has 2 heteroatoms. The van der Waals surface area contributed by atoms with E-state index in [1.807, 2.05) is 50.2 Å². The minimum Gasteiger partial charge on any atom is -0.373 e. The fourth-order valence-corrected chi connectivity index (χ4v) is 2.10. The summed E-state index contributed by atoms with van der Waals surface area (Å²) in [6, 6.07) is 20.4. The van der Waals surface area contributed by atoms with E-state index in [1.54, 1.807) is 0 Å². The van der Waals surface area contributed by atoms with Crippen molar-refractivity contribution in [2.45, 2.75) is 39.3 Å². The second-order valence-corrected chi connectivity index (χ2v) is 5.20. The van der Waals surface area contributed by atoms with Crippen molar-refractivity contribution >= 4 is 0 Å². The Morgan fingerprint density at radius 3 is 1.48 bits per heavy atom. The van der Waals surface area contributed by atoms with Gasteiger partial charge in [-0.25, -0.2) is 0 Å². The first kappa shape index (κ1) is 15.7. The van der Waals surface area contributed by atoms with Crippen LogP contribution in [0.15, 0.2) is 60.7 Å². The molecule has 0 aliphatic rings. The van der Waals surface area contributed by atoms with Gasteiger partial charge in [-0.3, -0.25) is 0 Å². The molecular weight excluding hydrogens is 260 g/mol. The van der Waals surface area contributed by atoms with Crippen molar-refractivity contribution in [3.8, 4) is 0 Å². The average molecular weight is 283 g/mol. The molecule has 2 nitrogen and oxygen atoms in total. The lowest BCUT2D eigenvalue weighted by Crippen LogP contribution is -2.19. The lowest BCUT2D eigenvalue weighted by atomic mass is 10.2. The maximum atomic E-state index is 5.82. The Kier molecular flexibility index (Phi) is 6.45. The number of hydrogen-bond donors (Lipinski definition) is 0. The fourth-order valence-electron chi connectivity index (χ4n) is 2.10. The van der Waals surface area contributed by atoms with Crippen molar-refractivity contribution in [3.05, 3.63) is 78.2 Å². The molecule has 0 aliphatic carbocycles. The van der Waals surface area contributed by atoms with Crippen LogP contribution in [-0.2, 0) is 22.7 Å². The summed E-state index contributed by atoms with van der Waals surface area (Å²) in [4.78, 5) is 0. The van der Waals surface area contributed by atoms with Gasteiger partial charge in [-0.05, 0) is 25.0 Å². The Morgan fingerprint density at radius 2 is 1.10 bits per heavy atom. The largest absolute Gasteiger partial charge is 0.373 e. The minimum atomic E-state index is 0.0657. The predicted molar refractivity (Wildman–Crippen MR) is 85.7 cm³/mol. The maximum absolute atomic E-state index is 5.82. The molecule has 21 heavy (non-hydrogen) atoms. The van der Waals surface area contributed by atoms with E-state index in [4.69, 9.17) is 9.47 Å². The summed E-state index contributed by atoms with van der Waals surface area (Å²) in [5, 5.41) is 0. The van der Waals surface area contributed by atoms with Crippen LogP contribution in [0.1, 0.15) is 25.0 Å². The molecule has 0 saturated carbocycles. The lowest BCUT2D eigenvalue weighted by molar-refractivity contribution is 0.0241. The molecule has 1 radical (unpaired) electrons. The molecule has 0 fully saturated rings. The summed E-state index contributed by atoms with van der Waals surface area (Å²) in [5.74, 6) is 0. The van der Waals surface area contributed by atoms with Crippen molar-refractivity contribution < 1.29 is 9.47 Å². The van der Waals surface area contributed by atoms with Crippen LogP contribution in [0, 0.1) is 6.42 Å². The van der Waals surface area contributed by atoms with Gasteiger partial charge < -0.3 is 9.47 Å². The first-order valence-electron chi connectivity index (χ1n) is 7.40. The van der Waals surface area contributed by atoms with Crippen molar-refractivity contribution in [1.82, 2.24) is 0 Å².